The van der Waals surface area contributed by atoms with E-state index in [1.165, 1.54) is 32.1 Å². The number of nitrogens with zero attached hydrogens (tertiary/aromatic N) is 3. The zero-order valence-corrected chi connectivity index (χ0v) is 16.7. The summed E-state index contributed by atoms with van der Waals surface area (Å²) in [7, 11) is 0. The lowest BCUT2D eigenvalue weighted by atomic mass is 9.48. The molecule has 4 fully saturated rings. The topological polar surface area (TPSA) is 59.3 Å². The molecule has 4 saturated carbocycles. The van der Waals surface area contributed by atoms with E-state index in [1.807, 2.05) is 35.7 Å². The monoisotopic (exact) mass is 416 g/mol. The molecule has 2 heterocycles. The number of amides is 1. The number of nitrogens with one attached hydrogen (secondary N) is 1. The Balaban J connectivity index is 1.30. The first-order chi connectivity index (χ1) is 12.4. The van der Waals surface area contributed by atoms with Crippen LogP contribution in [-0.4, -0.2) is 24.8 Å². The highest BCUT2D eigenvalue weighted by Gasteiger charge is 2.57. The van der Waals surface area contributed by atoms with E-state index in [-0.39, 0.29) is 17.4 Å². The number of fused-ring (bicyclic) bond motifs is 1. The minimum absolute atomic E-state index is 0.147. The minimum atomic E-state index is -0.147. The highest BCUT2D eigenvalue weighted by molar-refractivity contribution is 9.10. The Bertz CT molecular complexity index is 848. The lowest BCUT2D eigenvalue weighted by Gasteiger charge is -2.60. The molecule has 26 heavy (non-hydrogen) atoms. The molecule has 0 saturated heterocycles. The molecule has 0 spiro atoms. The fraction of sp³-hybridized carbons (Fsp3) is 0.650. The van der Waals surface area contributed by atoms with Gasteiger partial charge in [-0.15, -0.1) is 10.2 Å². The third kappa shape index (κ3) is 2.77. The lowest BCUT2D eigenvalue weighted by Crippen LogP contribution is -2.54. The van der Waals surface area contributed by atoms with Crippen molar-refractivity contribution in [2.45, 2.75) is 62.2 Å². The summed E-state index contributed by atoms with van der Waals surface area (Å²) < 4.78 is 2.25. The van der Waals surface area contributed by atoms with E-state index in [1.54, 1.807) is 0 Å². The molecule has 4 bridgehead atoms. The van der Waals surface area contributed by atoms with E-state index < -0.39 is 0 Å². The number of rotatable bonds is 4. The van der Waals surface area contributed by atoms with Crippen molar-refractivity contribution in [3.8, 4) is 0 Å². The van der Waals surface area contributed by atoms with Crippen molar-refractivity contribution in [2.24, 2.45) is 17.3 Å². The Kier molecular flexibility index (Phi) is 3.72. The zero-order chi connectivity index (χ0) is 17.9. The number of alkyl halides is 1. The molecule has 1 N–H and O–H groups in total. The van der Waals surface area contributed by atoms with E-state index in [9.17, 15) is 4.79 Å². The second kappa shape index (κ2) is 5.78. The third-order valence-corrected chi connectivity index (χ3v) is 7.68. The molecular formula is C20H25BrN4O. The van der Waals surface area contributed by atoms with Gasteiger partial charge in [0, 0.05) is 16.9 Å². The molecule has 4 aliphatic rings. The molecule has 3 unspecified atom stereocenters. The summed E-state index contributed by atoms with van der Waals surface area (Å²) in [5.74, 6) is 2.56. The van der Waals surface area contributed by atoms with Crippen molar-refractivity contribution < 1.29 is 4.79 Å². The fourth-order valence-corrected chi connectivity index (χ4v) is 7.91. The highest BCUT2D eigenvalue weighted by Crippen LogP contribution is 2.65. The van der Waals surface area contributed by atoms with Gasteiger partial charge in [-0.1, -0.05) is 22.0 Å². The van der Waals surface area contributed by atoms with Crippen LogP contribution in [0, 0.1) is 17.3 Å². The van der Waals surface area contributed by atoms with Crippen molar-refractivity contribution in [1.29, 1.82) is 0 Å². The molecule has 0 radical (unpaired) electrons. The summed E-state index contributed by atoms with van der Waals surface area (Å²) in [5.41, 5.74) is 1.01. The molecule has 0 aliphatic heterocycles. The molecule has 6 heteroatoms. The summed E-state index contributed by atoms with van der Waals surface area (Å²) in [6.07, 6.45) is 10.2. The SMILES string of the molecule is CC(NC(=O)CC12CC3CC(CC(Br)(C3)C1)C2)c1nnc2ccccn12. The molecule has 2 aromatic heterocycles. The van der Waals surface area contributed by atoms with Gasteiger partial charge in [0.2, 0.25) is 5.91 Å². The quantitative estimate of drug-likeness (QED) is 0.765. The molecule has 0 aromatic carbocycles. The summed E-state index contributed by atoms with van der Waals surface area (Å²) in [6.45, 7) is 1.99. The fourth-order valence-electron chi connectivity index (χ4n) is 6.40. The van der Waals surface area contributed by atoms with Crippen molar-refractivity contribution in [3.05, 3.63) is 30.2 Å². The molecular weight excluding hydrogens is 392 g/mol. The molecule has 4 aliphatic carbocycles. The van der Waals surface area contributed by atoms with Crippen LogP contribution in [0.5, 0.6) is 0 Å². The van der Waals surface area contributed by atoms with E-state index in [4.69, 9.17) is 0 Å². The van der Waals surface area contributed by atoms with E-state index in [0.717, 1.165) is 29.7 Å². The molecule has 3 atom stereocenters. The van der Waals surface area contributed by atoms with Crippen LogP contribution < -0.4 is 5.32 Å². The van der Waals surface area contributed by atoms with Gasteiger partial charge in [-0.25, -0.2) is 0 Å². The van der Waals surface area contributed by atoms with E-state index in [2.05, 4.69) is 31.4 Å². The predicted octanol–water partition coefficient (Wildman–Crippen LogP) is 4.03. The first kappa shape index (κ1) is 16.7. The molecule has 6 rings (SSSR count). The van der Waals surface area contributed by atoms with E-state index in [0.29, 0.717) is 10.7 Å². The average molecular weight is 417 g/mol. The van der Waals surface area contributed by atoms with Crippen LogP contribution in [-0.2, 0) is 4.79 Å². The number of carbonyl (C=O) groups excluding carboxylic acids is 1. The predicted molar refractivity (Wildman–Crippen MR) is 103 cm³/mol. The van der Waals surface area contributed by atoms with Gasteiger partial charge in [-0.2, -0.15) is 0 Å². The number of pyridine rings is 1. The zero-order valence-electron chi connectivity index (χ0n) is 15.1. The van der Waals surface area contributed by atoms with Gasteiger partial charge in [-0.3, -0.25) is 9.20 Å². The lowest BCUT2D eigenvalue weighted by molar-refractivity contribution is -0.128. The van der Waals surface area contributed by atoms with Gasteiger partial charge in [0.05, 0.1) is 6.04 Å². The third-order valence-electron chi connectivity index (χ3n) is 6.75. The summed E-state index contributed by atoms with van der Waals surface area (Å²) in [4.78, 5) is 12.9. The molecule has 5 nitrogen and oxygen atoms in total. The van der Waals surface area contributed by atoms with Crippen LogP contribution in [0.3, 0.4) is 0 Å². The van der Waals surface area contributed by atoms with Crippen molar-refractivity contribution in [3.63, 3.8) is 0 Å². The first-order valence-electron chi connectivity index (χ1n) is 9.72. The summed E-state index contributed by atoms with van der Waals surface area (Å²) in [6, 6.07) is 5.68. The van der Waals surface area contributed by atoms with Crippen molar-refractivity contribution in [1.82, 2.24) is 19.9 Å². The van der Waals surface area contributed by atoms with Gasteiger partial charge >= 0.3 is 0 Å². The largest absolute Gasteiger partial charge is 0.346 e. The van der Waals surface area contributed by atoms with E-state index >= 15 is 0 Å². The van der Waals surface area contributed by atoms with Crippen LogP contribution in [0.4, 0.5) is 0 Å². The van der Waals surface area contributed by atoms with Gasteiger partial charge < -0.3 is 5.32 Å². The van der Waals surface area contributed by atoms with Gasteiger partial charge in [0.15, 0.2) is 11.5 Å². The number of halogens is 1. The molecule has 1 amide bonds. The second-order valence-corrected chi connectivity index (χ2v) is 10.7. The number of hydrogen-bond acceptors (Lipinski definition) is 3. The Morgan fingerprint density at radius 2 is 2.08 bits per heavy atom. The van der Waals surface area contributed by atoms with Crippen molar-refractivity contribution in [2.75, 3.05) is 0 Å². The number of hydrogen-bond donors (Lipinski definition) is 1. The maximum absolute atomic E-state index is 12.9. The van der Waals surface area contributed by atoms with Crippen LogP contribution in [0.2, 0.25) is 0 Å². The Morgan fingerprint density at radius 3 is 2.81 bits per heavy atom. The minimum Gasteiger partial charge on any atom is -0.346 e. The Labute approximate surface area is 162 Å². The van der Waals surface area contributed by atoms with Crippen LogP contribution >= 0.6 is 15.9 Å². The molecule has 138 valence electrons. The highest BCUT2D eigenvalue weighted by atomic mass is 79.9. The van der Waals surface area contributed by atoms with Crippen molar-refractivity contribution >= 4 is 27.5 Å². The maximum Gasteiger partial charge on any atom is 0.221 e. The Morgan fingerprint density at radius 1 is 1.31 bits per heavy atom. The normalized spacial score (nSPS) is 36.4. The number of aromatic nitrogens is 3. The van der Waals surface area contributed by atoms with Crippen LogP contribution in [0.25, 0.3) is 5.65 Å². The smallest absolute Gasteiger partial charge is 0.221 e. The van der Waals surface area contributed by atoms with Gasteiger partial charge in [0.25, 0.3) is 0 Å². The van der Waals surface area contributed by atoms with Crippen LogP contribution in [0.1, 0.15) is 63.7 Å². The number of carbonyl (C=O) groups is 1. The standard InChI is InChI=1S/C20H25BrN4O/c1-13(18-24-23-16-4-2-3-5-25(16)18)22-17(26)11-19-7-14-6-15(8-19)10-20(21,9-14)12-19/h2-5,13-15H,6-12H2,1H3,(H,22,26). The van der Waals surface area contributed by atoms with Crippen LogP contribution in [0.15, 0.2) is 24.4 Å². The Hall–Kier alpha value is -1.43. The molecule has 2 aromatic rings. The first-order valence-corrected chi connectivity index (χ1v) is 10.5. The average Bonchev–Trinajstić information content (AvgIpc) is 2.95. The van der Waals surface area contributed by atoms with Gasteiger partial charge in [-0.05, 0) is 74.8 Å². The van der Waals surface area contributed by atoms with Gasteiger partial charge in [0.1, 0.15) is 0 Å². The maximum atomic E-state index is 12.9. The summed E-state index contributed by atoms with van der Waals surface area (Å²) >= 11 is 4.04. The summed E-state index contributed by atoms with van der Waals surface area (Å²) in [5, 5.41) is 11.7. The second-order valence-electron chi connectivity index (χ2n) is 9.06.